The molecule has 3 heteroatoms. The number of benzene rings is 1. The maximum absolute atomic E-state index is 12.5. The summed E-state index contributed by atoms with van der Waals surface area (Å²) in [5, 5.41) is 2.93. The van der Waals surface area contributed by atoms with Crippen molar-refractivity contribution < 1.29 is 4.39 Å². The van der Waals surface area contributed by atoms with Gasteiger partial charge in [0.2, 0.25) is 0 Å². The molecule has 1 aromatic carbocycles. The zero-order chi connectivity index (χ0) is 10.4. The highest BCUT2D eigenvalue weighted by Gasteiger charge is 1.98. The Labute approximate surface area is 82.4 Å². The van der Waals surface area contributed by atoms with Crippen LogP contribution in [0.3, 0.4) is 0 Å². The minimum absolute atomic E-state index is 0.261. The lowest BCUT2D eigenvalue weighted by atomic mass is 10.1. The van der Waals surface area contributed by atoms with Gasteiger partial charge in [-0.15, -0.1) is 0 Å². The minimum Gasteiger partial charge on any atom is -0.207 e. The first kappa shape index (κ1) is 10.6. The number of hydrogen-bond acceptors (Lipinski definition) is 2. The molecule has 0 aliphatic rings. The van der Waals surface area contributed by atoms with E-state index in [-0.39, 0.29) is 11.9 Å². The molecule has 0 spiro atoms. The van der Waals surface area contributed by atoms with E-state index >= 15 is 0 Å². The van der Waals surface area contributed by atoms with Crippen molar-refractivity contribution in [1.29, 1.82) is 0 Å². The van der Waals surface area contributed by atoms with Crippen LogP contribution in [0.1, 0.15) is 18.9 Å². The topological polar surface area (TPSA) is 29.4 Å². The summed E-state index contributed by atoms with van der Waals surface area (Å²) in [4.78, 5) is 10.3. The van der Waals surface area contributed by atoms with Gasteiger partial charge in [0, 0.05) is 0 Å². The van der Waals surface area contributed by atoms with E-state index in [0.29, 0.717) is 6.42 Å². The third kappa shape index (κ3) is 3.09. The summed E-state index contributed by atoms with van der Waals surface area (Å²) in [6, 6.07) is 5.79. The molecule has 0 saturated carbocycles. The Hall–Kier alpha value is -1.51. The average Bonchev–Trinajstić information content (AvgIpc) is 2.22. The first-order valence-electron chi connectivity index (χ1n) is 4.52. The number of rotatable bonds is 4. The monoisotopic (exact) mass is 193 g/mol. The molecule has 0 aromatic heterocycles. The summed E-state index contributed by atoms with van der Waals surface area (Å²) in [5.74, 6) is -0.261. The molecule has 1 unspecified atom stereocenters. The summed E-state index contributed by atoms with van der Waals surface area (Å²) < 4.78 is 12.5. The molecule has 0 heterocycles. The van der Waals surface area contributed by atoms with Crippen molar-refractivity contribution in [2.45, 2.75) is 19.4 Å². The van der Waals surface area contributed by atoms with Gasteiger partial charge in [-0.05, 0) is 24.1 Å². The molecule has 1 rings (SSSR count). The maximum atomic E-state index is 12.5. The molecular formula is C11H12FNO. The van der Waals surface area contributed by atoms with Gasteiger partial charge in [-0.25, -0.2) is 4.39 Å². The van der Waals surface area contributed by atoms with E-state index in [9.17, 15) is 9.30 Å². The van der Waals surface area contributed by atoms with Gasteiger partial charge in [0.25, 0.3) is 0 Å². The van der Waals surface area contributed by atoms with Crippen molar-refractivity contribution in [3.63, 3.8) is 0 Å². The maximum Gasteiger partial charge on any atom is 0.123 e. The second kappa shape index (κ2) is 5.27. The molecule has 0 radical (unpaired) electrons. The molecule has 0 amide bonds. The lowest BCUT2D eigenvalue weighted by Crippen LogP contribution is -1.94. The molecule has 74 valence electrons. The highest BCUT2D eigenvalue weighted by molar-refractivity contribution is 5.49. The van der Waals surface area contributed by atoms with E-state index in [1.807, 2.05) is 6.92 Å². The Morgan fingerprint density at radius 3 is 2.57 bits per heavy atom. The van der Waals surface area contributed by atoms with Crippen LogP contribution >= 0.6 is 0 Å². The molecular weight excluding hydrogens is 181 g/mol. The van der Waals surface area contributed by atoms with E-state index in [0.717, 1.165) is 5.56 Å². The van der Waals surface area contributed by atoms with Crippen LogP contribution < -0.4 is 0 Å². The summed E-state index contributed by atoms with van der Waals surface area (Å²) in [7, 11) is 0. The molecule has 0 aliphatic heterocycles. The van der Waals surface area contributed by atoms with Gasteiger partial charge in [0.05, 0.1) is 0 Å². The fourth-order valence-corrected chi connectivity index (χ4v) is 1.04. The molecule has 0 fully saturated rings. The molecule has 0 N–H and O–H groups in total. The van der Waals surface area contributed by atoms with Gasteiger partial charge in [-0.2, -0.15) is 4.91 Å². The smallest absolute Gasteiger partial charge is 0.123 e. The third-order valence-electron chi connectivity index (χ3n) is 1.93. The SMILES string of the molecule is CCC(C=Cc1ccc(F)cc1)N=O. The Morgan fingerprint density at radius 1 is 1.43 bits per heavy atom. The van der Waals surface area contributed by atoms with Gasteiger partial charge < -0.3 is 0 Å². The van der Waals surface area contributed by atoms with E-state index in [1.54, 1.807) is 24.3 Å². The van der Waals surface area contributed by atoms with Crippen LogP contribution in [-0.2, 0) is 0 Å². The van der Waals surface area contributed by atoms with Gasteiger partial charge in [-0.1, -0.05) is 36.4 Å². The molecule has 14 heavy (non-hydrogen) atoms. The molecule has 2 nitrogen and oxygen atoms in total. The van der Waals surface area contributed by atoms with Crippen LogP contribution in [0.2, 0.25) is 0 Å². The standard InChI is InChI=1S/C11H12FNO/c1-2-11(13-14)8-5-9-3-6-10(12)7-4-9/h3-8,11H,2H2,1H3. The Kier molecular flexibility index (Phi) is 3.98. The summed E-state index contributed by atoms with van der Waals surface area (Å²) >= 11 is 0. The van der Waals surface area contributed by atoms with Gasteiger partial charge in [-0.3, -0.25) is 0 Å². The average molecular weight is 193 g/mol. The van der Waals surface area contributed by atoms with Gasteiger partial charge >= 0.3 is 0 Å². The fourth-order valence-electron chi connectivity index (χ4n) is 1.04. The Morgan fingerprint density at radius 2 is 2.07 bits per heavy atom. The predicted octanol–water partition coefficient (Wildman–Crippen LogP) is 3.38. The second-order valence-corrected chi connectivity index (χ2v) is 2.99. The predicted molar refractivity (Wildman–Crippen MR) is 55.3 cm³/mol. The molecule has 1 aromatic rings. The van der Waals surface area contributed by atoms with Crippen LogP contribution in [0.15, 0.2) is 35.5 Å². The number of nitrogens with zero attached hydrogens (tertiary/aromatic N) is 1. The first-order valence-corrected chi connectivity index (χ1v) is 4.52. The highest BCUT2D eigenvalue weighted by atomic mass is 19.1. The fraction of sp³-hybridized carbons (Fsp3) is 0.273. The van der Waals surface area contributed by atoms with Crippen LogP contribution in [-0.4, -0.2) is 6.04 Å². The minimum atomic E-state index is -0.292. The summed E-state index contributed by atoms with van der Waals surface area (Å²) in [5.41, 5.74) is 0.869. The van der Waals surface area contributed by atoms with Crippen molar-refractivity contribution in [3.8, 4) is 0 Å². The van der Waals surface area contributed by atoms with Crippen molar-refractivity contribution in [2.24, 2.45) is 5.18 Å². The lowest BCUT2D eigenvalue weighted by molar-refractivity contribution is 0.628. The Balaban J connectivity index is 2.67. The van der Waals surface area contributed by atoms with E-state index in [1.165, 1.54) is 12.1 Å². The quantitative estimate of drug-likeness (QED) is 0.674. The van der Waals surface area contributed by atoms with Gasteiger partial charge in [0.1, 0.15) is 11.9 Å². The first-order chi connectivity index (χ1) is 6.76. The number of nitroso groups, excluding NO2 is 1. The zero-order valence-electron chi connectivity index (χ0n) is 7.98. The van der Waals surface area contributed by atoms with Crippen LogP contribution in [0, 0.1) is 10.7 Å². The van der Waals surface area contributed by atoms with Crippen molar-refractivity contribution in [3.05, 3.63) is 46.6 Å². The number of halogens is 1. The Bertz CT molecular complexity index is 319. The van der Waals surface area contributed by atoms with Crippen molar-refractivity contribution in [2.75, 3.05) is 0 Å². The third-order valence-corrected chi connectivity index (χ3v) is 1.93. The molecule has 0 aliphatic carbocycles. The second-order valence-electron chi connectivity index (χ2n) is 2.99. The van der Waals surface area contributed by atoms with E-state index in [2.05, 4.69) is 5.18 Å². The van der Waals surface area contributed by atoms with E-state index < -0.39 is 0 Å². The van der Waals surface area contributed by atoms with Crippen LogP contribution in [0.4, 0.5) is 4.39 Å². The van der Waals surface area contributed by atoms with Gasteiger partial charge in [0.15, 0.2) is 0 Å². The molecule has 0 bridgehead atoms. The summed E-state index contributed by atoms with van der Waals surface area (Å²) in [6.07, 6.45) is 4.18. The van der Waals surface area contributed by atoms with Crippen LogP contribution in [0.5, 0.6) is 0 Å². The molecule has 1 atom stereocenters. The molecule has 0 saturated heterocycles. The van der Waals surface area contributed by atoms with Crippen molar-refractivity contribution in [1.82, 2.24) is 0 Å². The van der Waals surface area contributed by atoms with Crippen LogP contribution in [0.25, 0.3) is 6.08 Å². The summed E-state index contributed by atoms with van der Waals surface area (Å²) in [6.45, 7) is 1.89. The lowest BCUT2D eigenvalue weighted by Gasteiger charge is -1.97. The normalized spacial score (nSPS) is 13.0. The zero-order valence-corrected chi connectivity index (χ0v) is 7.98. The largest absolute Gasteiger partial charge is 0.207 e. The van der Waals surface area contributed by atoms with E-state index in [4.69, 9.17) is 0 Å². The van der Waals surface area contributed by atoms with Crippen molar-refractivity contribution >= 4 is 6.08 Å². The number of hydrogen-bond donors (Lipinski definition) is 0. The highest BCUT2D eigenvalue weighted by Crippen LogP contribution is 2.07.